The molecule has 1 aliphatic rings. The molecule has 1 fully saturated rings. The highest BCUT2D eigenvalue weighted by atomic mass is 16.6. The second-order valence-electron chi connectivity index (χ2n) is 7.71. The average molecular weight is 425 g/mol. The first kappa shape index (κ1) is 22.6. The quantitative estimate of drug-likeness (QED) is 0.364. The number of piperidine rings is 1. The van der Waals surface area contributed by atoms with Crippen LogP contribution in [0.2, 0.25) is 0 Å². The molecule has 1 amide bonds. The lowest BCUT2D eigenvalue weighted by molar-refractivity contribution is -0.126. The number of carbonyl (C=O) groups excluding carboxylic acids is 1. The zero-order chi connectivity index (χ0) is 22.1. The molecule has 1 aliphatic heterocycles. The monoisotopic (exact) mass is 424 g/mol. The molecule has 0 bridgehead atoms. The molecule has 1 heterocycles. The lowest BCUT2D eigenvalue weighted by Gasteiger charge is -2.26. The van der Waals surface area contributed by atoms with Crippen molar-refractivity contribution in [2.24, 2.45) is 10.9 Å². The van der Waals surface area contributed by atoms with Crippen molar-refractivity contribution in [3.8, 4) is 5.75 Å². The molecule has 7 heteroatoms. The van der Waals surface area contributed by atoms with E-state index < -0.39 is 6.10 Å². The van der Waals surface area contributed by atoms with Crippen LogP contribution in [0.1, 0.15) is 44.2 Å². The third-order valence-corrected chi connectivity index (χ3v) is 5.19. The van der Waals surface area contributed by atoms with Crippen molar-refractivity contribution in [1.82, 2.24) is 4.90 Å². The Morgan fingerprint density at radius 1 is 1.16 bits per heavy atom. The highest BCUT2D eigenvalue weighted by Gasteiger charge is 2.15. The number of nitrogens with two attached hydrogens (primary N) is 1. The van der Waals surface area contributed by atoms with Gasteiger partial charge in [0.1, 0.15) is 5.75 Å². The lowest BCUT2D eigenvalue weighted by Crippen LogP contribution is -2.29. The van der Waals surface area contributed by atoms with E-state index in [0.717, 1.165) is 30.9 Å². The SMILES string of the molecule is CCOc1ccc(NC(=O)C(C)ON=C(N)c2cccc(CN3CCCCC3)c2)cc1. The van der Waals surface area contributed by atoms with Crippen LogP contribution >= 0.6 is 0 Å². The van der Waals surface area contributed by atoms with Gasteiger partial charge >= 0.3 is 0 Å². The van der Waals surface area contributed by atoms with Crippen LogP contribution in [0.15, 0.2) is 53.7 Å². The van der Waals surface area contributed by atoms with Crippen LogP contribution in [0.5, 0.6) is 5.75 Å². The summed E-state index contributed by atoms with van der Waals surface area (Å²) in [5, 5.41) is 6.78. The third kappa shape index (κ3) is 7.00. The van der Waals surface area contributed by atoms with Gasteiger partial charge in [0.25, 0.3) is 5.91 Å². The number of hydrogen-bond acceptors (Lipinski definition) is 5. The topological polar surface area (TPSA) is 89.2 Å². The Morgan fingerprint density at radius 2 is 1.90 bits per heavy atom. The smallest absolute Gasteiger partial charge is 0.267 e. The van der Waals surface area contributed by atoms with Crippen LogP contribution in [0.25, 0.3) is 0 Å². The molecule has 1 unspecified atom stereocenters. The van der Waals surface area contributed by atoms with E-state index in [-0.39, 0.29) is 11.7 Å². The van der Waals surface area contributed by atoms with E-state index in [9.17, 15) is 4.79 Å². The summed E-state index contributed by atoms with van der Waals surface area (Å²) in [6, 6.07) is 15.2. The molecular formula is C24H32N4O3. The van der Waals surface area contributed by atoms with Gasteiger partial charge in [-0.2, -0.15) is 0 Å². The van der Waals surface area contributed by atoms with Gasteiger partial charge < -0.3 is 20.6 Å². The number of amides is 1. The highest BCUT2D eigenvalue weighted by molar-refractivity contribution is 5.97. The van der Waals surface area contributed by atoms with Crippen molar-refractivity contribution in [2.75, 3.05) is 25.0 Å². The summed E-state index contributed by atoms with van der Waals surface area (Å²) < 4.78 is 5.40. The first-order valence-corrected chi connectivity index (χ1v) is 10.9. The normalized spacial score (nSPS) is 15.9. The zero-order valence-electron chi connectivity index (χ0n) is 18.3. The van der Waals surface area contributed by atoms with Crippen molar-refractivity contribution < 1.29 is 14.4 Å². The number of benzene rings is 2. The van der Waals surface area contributed by atoms with Gasteiger partial charge in [-0.15, -0.1) is 0 Å². The maximum Gasteiger partial charge on any atom is 0.267 e. The van der Waals surface area contributed by atoms with Gasteiger partial charge in [-0.3, -0.25) is 9.69 Å². The van der Waals surface area contributed by atoms with E-state index in [4.69, 9.17) is 15.3 Å². The van der Waals surface area contributed by atoms with Crippen LogP contribution in [-0.2, 0) is 16.2 Å². The molecule has 3 N–H and O–H groups in total. The summed E-state index contributed by atoms with van der Waals surface area (Å²) in [6.07, 6.45) is 3.04. The average Bonchev–Trinajstić information content (AvgIpc) is 2.79. The Hall–Kier alpha value is -3.06. The maximum absolute atomic E-state index is 12.4. The molecule has 1 saturated heterocycles. The van der Waals surface area contributed by atoms with Gasteiger partial charge in [0.15, 0.2) is 5.84 Å². The van der Waals surface area contributed by atoms with Gasteiger partial charge in [-0.25, -0.2) is 0 Å². The van der Waals surface area contributed by atoms with E-state index in [1.807, 2.05) is 25.1 Å². The highest BCUT2D eigenvalue weighted by Crippen LogP contribution is 2.16. The Balaban J connectivity index is 1.53. The Labute approximate surface area is 184 Å². The number of likely N-dealkylation sites (tertiary alicyclic amines) is 1. The van der Waals surface area contributed by atoms with Crippen LogP contribution in [0, 0.1) is 0 Å². The van der Waals surface area contributed by atoms with Gasteiger partial charge in [-0.05, 0) is 75.7 Å². The molecule has 1 atom stereocenters. The van der Waals surface area contributed by atoms with Gasteiger partial charge in [0.05, 0.1) is 6.61 Å². The maximum atomic E-state index is 12.4. The third-order valence-electron chi connectivity index (χ3n) is 5.19. The minimum atomic E-state index is -0.790. The van der Waals surface area contributed by atoms with E-state index in [0.29, 0.717) is 12.3 Å². The molecule has 166 valence electrons. The number of oxime groups is 1. The summed E-state index contributed by atoms with van der Waals surface area (Å²) in [6.45, 7) is 7.33. The van der Waals surface area contributed by atoms with Crippen molar-refractivity contribution in [3.63, 3.8) is 0 Å². The number of amidine groups is 1. The van der Waals surface area contributed by atoms with Crippen molar-refractivity contribution in [2.45, 2.75) is 45.8 Å². The fourth-order valence-electron chi connectivity index (χ4n) is 3.49. The fraction of sp³-hybridized carbons (Fsp3) is 0.417. The molecule has 2 aromatic rings. The molecule has 0 saturated carbocycles. The van der Waals surface area contributed by atoms with Gasteiger partial charge in [0.2, 0.25) is 6.10 Å². The van der Waals surface area contributed by atoms with Crippen molar-refractivity contribution in [1.29, 1.82) is 0 Å². The lowest BCUT2D eigenvalue weighted by atomic mass is 10.1. The minimum Gasteiger partial charge on any atom is -0.494 e. The number of ether oxygens (including phenoxy) is 1. The van der Waals surface area contributed by atoms with Crippen LogP contribution in [0.4, 0.5) is 5.69 Å². The fourth-order valence-corrected chi connectivity index (χ4v) is 3.49. The molecule has 0 spiro atoms. The van der Waals surface area contributed by atoms with Crippen LogP contribution in [-0.4, -0.2) is 42.4 Å². The summed E-state index contributed by atoms with van der Waals surface area (Å²) >= 11 is 0. The Bertz CT molecular complexity index is 877. The van der Waals surface area contributed by atoms with Crippen molar-refractivity contribution >= 4 is 17.4 Å². The van der Waals surface area contributed by atoms with Gasteiger partial charge in [-0.1, -0.05) is 29.8 Å². The zero-order valence-corrected chi connectivity index (χ0v) is 18.3. The summed E-state index contributed by atoms with van der Waals surface area (Å²) in [7, 11) is 0. The van der Waals surface area contributed by atoms with Crippen LogP contribution < -0.4 is 15.8 Å². The first-order valence-electron chi connectivity index (χ1n) is 10.9. The second-order valence-corrected chi connectivity index (χ2v) is 7.71. The number of hydrogen-bond donors (Lipinski definition) is 2. The number of carbonyl (C=O) groups is 1. The van der Waals surface area contributed by atoms with E-state index >= 15 is 0 Å². The molecular weight excluding hydrogens is 392 g/mol. The molecule has 3 rings (SSSR count). The van der Waals surface area contributed by atoms with E-state index in [2.05, 4.69) is 21.4 Å². The van der Waals surface area contributed by atoms with E-state index in [1.54, 1.807) is 31.2 Å². The predicted molar refractivity (Wildman–Crippen MR) is 123 cm³/mol. The van der Waals surface area contributed by atoms with Crippen molar-refractivity contribution in [3.05, 3.63) is 59.7 Å². The molecule has 31 heavy (non-hydrogen) atoms. The van der Waals surface area contributed by atoms with E-state index in [1.165, 1.54) is 24.8 Å². The Morgan fingerprint density at radius 3 is 2.61 bits per heavy atom. The molecule has 0 aromatic heterocycles. The van der Waals surface area contributed by atoms with Gasteiger partial charge in [0, 0.05) is 17.8 Å². The Kier molecular flexibility index (Phi) is 8.29. The summed E-state index contributed by atoms with van der Waals surface area (Å²) in [5.41, 5.74) is 8.75. The molecule has 0 aliphatic carbocycles. The number of rotatable bonds is 9. The first-order chi connectivity index (χ1) is 15.0. The standard InChI is InChI=1S/C24H32N4O3/c1-3-30-22-12-10-21(11-13-22)26-24(29)18(2)31-27-23(25)20-9-7-8-19(16-20)17-28-14-5-4-6-15-28/h7-13,16,18H,3-6,14-15,17H2,1-2H3,(H2,25,27)(H,26,29). The molecule has 2 aromatic carbocycles. The summed E-state index contributed by atoms with van der Waals surface area (Å²) in [4.78, 5) is 20.2. The number of nitrogens with one attached hydrogen (secondary N) is 1. The molecule has 0 radical (unpaired) electrons. The van der Waals surface area contributed by atoms with Crippen LogP contribution in [0.3, 0.4) is 0 Å². The predicted octanol–water partition coefficient (Wildman–Crippen LogP) is 3.74. The number of nitrogens with zero attached hydrogens (tertiary/aromatic N) is 2. The largest absolute Gasteiger partial charge is 0.494 e. The second kappa shape index (κ2) is 11.4. The molecule has 7 nitrogen and oxygen atoms in total. The minimum absolute atomic E-state index is 0.251. The summed E-state index contributed by atoms with van der Waals surface area (Å²) in [5.74, 6) is 0.699. The number of anilines is 1.